The van der Waals surface area contributed by atoms with Crippen LogP contribution in [0.3, 0.4) is 0 Å². The molecule has 6 heteroatoms. The van der Waals surface area contributed by atoms with Crippen molar-refractivity contribution in [3.63, 3.8) is 0 Å². The van der Waals surface area contributed by atoms with Gasteiger partial charge in [-0.25, -0.2) is 4.98 Å². The van der Waals surface area contributed by atoms with Gasteiger partial charge in [-0.3, -0.25) is 9.20 Å². The number of hydrogen-bond acceptors (Lipinski definition) is 5. The fourth-order valence-corrected chi connectivity index (χ4v) is 2.38. The smallest absolute Gasteiger partial charge is 0.196 e. The average molecular weight is 239 g/mol. The molecular weight excluding hydrogens is 226 g/mol. The van der Waals surface area contributed by atoms with Crippen LogP contribution in [0.2, 0.25) is 0 Å². The fraction of sp³-hybridized carbons (Fsp3) is 0.400. The number of aliphatic hydroxyl groups is 1. The van der Waals surface area contributed by atoms with Crippen molar-refractivity contribution >= 4 is 28.4 Å². The summed E-state index contributed by atoms with van der Waals surface area (Å²) in [5, 5.41) is 11.2. The fourth-order valence-electron chi connectivity index (χ4n) is 1.67. The Morgan fingerprint density at radius 1 is 1.75 bits per heavy atom. The number of aliphatic hydroxyl groups excluding tert-OH is 1. The molecule has 1 atom stereocenters. The first kappa shape index (κ1) is 11.1. The Kier molecular flexibility index (Phi) is 2.93. The van der Waals surface area contributed by atoms with E-state index in [1.54, 1.807) is 16.2 Å². The number of fused-ring (bicyclic) bond motifs is 1. The highest BCUT2D eigenvalue weighted by Gasteiger charge is 2.16. The van der Waals surface area contributed by atoms with Gasteiger partial charge in [-0.15, -0.1) is 11.3 Å². The lowest BCUT2D eigenvalue weighted by atomic mass is 10.3. The predicted molar refractivity (Wildman–Crippen MR) is 63.4 cm³/mol. The second kappa shape index (κ2) is 4.23. The Balaban J connectivity index is 2.42. The van der Waals surface area contributed by atoms with Crippen LogP contribution in [0.25, 0.3) is 4.96 Å². The topological polar surface area (TPSA) is 57.8 Å². The van der Waals surface area contributed by atoms with Gasteiger partial charge in [0.15, 0.2) is 17.1 Å². The summed E-state index contributed by atoms with van der Waals surface area (Å²) < 4.78 is 1.76. The van der Waals surface area contributed by atoms with Crippen molar-refractivity contribution in [3.8, 4) is 0 Å². The van der Waals surface area contributed by atoms with Gasteiger partial charge in [0.1, 0.15) is 5.69 Å². The number of aromatic nitrogens is 2. The summed E-state index contributed by atoms with van der Waals surface area (Å²) in [6, 6.07) is 0. The van der Waals surface area contributed by atoms with E-state index >= 15 is 0 Å². The molecule has 2 heterocycles. The van der Waals surface area contributed by atoms with Crippen LogP contribution in [-0.4, -0.2) is 40.5 Å². The SMILES string of the molecule is CC(O)CN(C)c1nc2sccn2c1C=O. The number of likely N-dealkylation sites (N-methyl/N-ethyl adjacent to an activating group) is 1. The minimum Gasteiger partial charge on any atom is -0.392 e. The summed E-state index contributed by atoms with van der Waals surface area (Å²) in [5.74, 6) is 0.614. The third kappa shape index (κ3) is 1.81. The van der Waals surface area contributed by atoms with Gasteiger partial charge < -0.3 is 10.0 Å². The van der Waals surface area contributed by atoms with E-state index < -0.39 is 6.10 Å². The van der Waals surface area contributed by atoms with Crippen LogP contribution in [0, 0.1) is 0 Å². The van der Waals surface area contributed by atoms with E-state index in [-0.39, 0.29) is 0 Å². The molecule has 0 saturated heterocycles. The van der Waals surface area contributed by atoms with E-state index in [1.165, 1.54) is 11.3 Å². The number of hydrogen-bond donors (Lipinski definition) is 1. The number of carbonyl (C=O) groups excluding carboxylic acids is 1. The molecule has 2 aromatic rings. The van der Waals surface area contributed by atoms with E-state index in [4.69, 9.17) is 0 Å². The summed E-state index contributed by atoms with van der Waals surface area (Å²) in [6.45, 7) is 2.15. The highest BCUT2D eigenvalue weighted by atomic mass is 32.1. The van der Waals surface area contributed by atoms with Gasteiger partial charge >= 0.3 is 0 Å². The van der Waals surface area contributed by atoms with Gasteiger partial charge in [-0.05, 0) is 6.92 Å². The zero-order chi connectivity index (χ0) is 11.7. The number of aldehydes is 1. The zero-order valence-corrected chi connectivity index (χ0v) is 9.94. The molecule has 5 nitrogen and oxygen atoms in total. The van der Waals surface area contributed by atoms with Crippen molar-refractivity contribution < 1.29 is 9.90 Å². The molecule has 2 aromatic heterocycles. The minimum absolute atomic E-state index is 0.450. The summed E-state index contributed by atoms with van der Waals surface area (Å²) in [5.41, 5.74) is 0.527. The van der Waals surface area contributed by atoms with Gasteiger partial charge in [0, 0.05) is 25.2 Å². The van der Waals surface area contributed by atoms with Crippen LogP contribution in [0.1, 0.15) is 17.4 Å². The van der Waals surface area contributed by atoms with E-state index in [9.17, 15) is 9.90 Å². The maximum absolute atomic E-state index is 11.0. The number of rotatable bonds is 4. The summed E-state index contributed by atoms with van der Waals surface area (Å²) in [4.78, 5) is 18.0. The molecule has 0 spiro atoms. The van der Waals surface area contributed by atoms with Crippen LogP contribution < -0.4 is 4.90 Å². The molecule has 0 aromatic carbocycles. The lowest BCUT2D eigenvalue weighted by Gasteiger charge is -2.18. The minimum atomic E-state index is -0.454. The van der Waals surface area contributed by atoms with Crippen LogP contribution >= 0.6 is 11.3 Å². The third-order valence-corrected chi connectivity index (χ3v) is 3.05. The van der Waals surface area contributed by atoms with E-state index in [1.807, 2.05) is 18.6 Å². The average Bonchev–Trinajstić information content (AvgIpc) is 2.74. The second-order valence-electron chi connectivity index (χ2n) is 3.72. The molecule has 0 radical (unpaired) electrons. The normalized spacial score (nSPS) is 12.9. The molecule has 0 bridgehead atoms. The first-order valence-corrected chi connectivity index (χ1v) is 5.81. The Morgan fingerprint density at radius 2 is 2.50 bits per heavy atom. The second-order valence-corrected chi connectivity index (χ2v) is 4.60. The molecule has 0 amide bonds. The maximum atomic E-state index is 11.0. The summed E-state index contributed by atoms with van der Waals surface area (Å²) in [6.07, 6.45) is 2.15. The van der Waals surface area contributed by atoms with Crippen molar-refractivity contribution in [2.45, 2.75) is 13.0 Å². The Labute approximate surface area is 96.9 Å². The van der Waals surface area contributed by atoms with E-state index in [0.29, 0.717) is 18.1 Å². The molecule has 0 aliphatic carbocycles. The lowest BCUT2D eigenvalue weighted by molar-refractivity contribution is 0.111. The number of nitrogens with zero attached hydrogens (tertiary/aromatic N) is 3. The van der Waals surface area contributed by atoms with Crippen molar-refractivity contribution in [2.24, 2.45) is 0 Å². The van der Waals surface area contributed by atoms with Crippen LogP contribution in [0.15, 0.2) is 11.6 Å². The quantitative estimate of drug-likeness (QED) is 0.809. The molecule has 16 heavy (non-hydrogen) atoms. The van der Waals surface area contributed by atoms with E-state index in [2.05, 4.69) is 4.98 Å². The Morgan fingerprint density at radius 3 is 3.12 bits per heavy atom. The number of anilines is 1. The molecule has 86 valence electrons. The van der Waals surface area contributed by atoms with Crippen molar-refractivity contribution in [1.82, 2.24) is 9.38 Å². The van der Waals surface area contributed by atoms with E-state index in [0.717, 1.165) is 11.2 Å². The van der Waals surface area contributed by atoms with Crippen molar-refractivity contribution in [2.75, 3.05) is 18.5 Å². The molecule has 2 rings (SSSR count). The highest BCUT2D eigenvalue weighted by molar-refractivity contribution is 7.15. The number of imidazole rings is 1. The molecule has 0 saturated carbocycles. The summed E-state index contributed by atoms with van der Waals surface area (Å²) in [7, 11) is 1.81. The molecule has 0 aliphatic heterocycles. The molecule has 1 N–H and O–H groups in total. The molecule has 0 fully saturated rings. The molecule has 1 unspecified atom stereocenters. The standard InChI is InChI=1S/C10H13N3O2S/c1-7(15)5-12(2)9-8(6-14)13-3-4-16-10(13)11-9/h3-4,6-7,15H,5H2,1-2H3. The van der Waals surface area contributed by atoms with Gasteiger partial charge in [-0.1, -0.05) is 0 Å². The van der Waals surface area contributed by atoms with Crippen LogP contribution in [0.5, 0.6) is 0 Å². The molecular formula is C10H13N3O2S. The first-order valence-electron chi connectivity index (χ1n) is 4.93. The zero-order valence-electron chi connectivity index (χ0n) is 9.12. The largest absolute Gasteiger partial charge is 0.392 e. The van der Waals surface area contributed by atoms with Crippen molar-refractivity contribution in [1.29, 1.82) is 0 Å². The number of thiazole rings is 1. The Bertz CT molecular complexity index is 503. The monoisotopic (exact) mass is 239 g/mol. The van der Waals surface area contributed by atoms with Gasteiger partial charge in [0.2, 0.25) is 0 Å². The lowest BCUT2D eigenvalue weighted by Crippen LogP contribution is -2.28. The van der Waals surface area contributed by atoms with Crippen molar-refractivity contribution in [3.05, 3.63) is 17.3 Å². The van der Waals surface area contributed by atoms with Crippen LogP contribution in [0.4, 0.5) is 5.82 Å². The van der Waals surface area contributed by atoms with Gasteiger partial charge in [0.25, 0.3) is 0 Å². The highest BCUT2D eigenvalue weighted by Crippen LogP contribution is 2.22. The first-order chi connectivity index (χ1) is 7.63. The van der Waals surface area contributed by atoms with Gasteiger partial charge in [0.05, 0.1) is 6.10 Å². The third-order valence-electron chi connectivity index (χ3n) is 2.29. The maximum Gasteiger partial charge on any atom is 0.196 e. The number of carbonyl (C=O) groups is 1. The predicted octanol–water partition coefficient (Wildman–Crippen LogP) is 1.03. The summed E-state index contributed by atoms with van der Waals surface area (Å²) >= 11 is 1.48. The Hall–Kier alpha value is -1.40. The molecule has 0 aliphatic rings. The van der Waals surface area contributed by atoms with Crippen LogP contribution in [-0.2, 0) is 0 Å². The van der Waals surface area contributed by atoms with Gasteiger partial charge in [-0.2, -0.15) is 0 Å².